The molecule has 0 aliphatic carbocycles. The fourth-order valence-corrected chi connectivity index (χ4v) is 0.578. The van der Waals surface area contributed by atoms with Gasteiger partial charge in [-0.2, -0.15) is 0 Å². The Morgan fingerprint density at radius 1 is 1.60 bits per heavy atom. The van der Waals surface area contributed by atoms with Crippen molar-refractivity contribution in [2.45, 2.75) is 6.42 Å². The molecule has 0 aromatic carbocycles. The van der Waals surface area contributed by atoms with Crippen LogP contribution >= 0.6 is 0 Å². The van der Waals surface area contributed by atoms with Gasteiger partial charge in [-0.1, -0.05) is 12.7 Å². The zero-order chi connectivity index (χ0) is 8.15. The predicted molar refractivity (Wildman–Crippen MR) is 42.6 cm³/mol. The highest BCUT2D eigenvalue weighted by Gasteiger charge is 2.05. The summed E-state index contributed by atoms with van der Waals surface area (Å²) in [5.41, 5.74) is 0.583. The molecule has 0 radical (unpaired) electrons. The Morgan fingerprint density at radius 3 is 2.40 bits per heavy atom. The van der Waals surface area contributed by atoms with Gasteiger partial charge >= 0.3 is 0 Å². The van der Waals surface area contributed by atoms with Crippen molar-refractivity contribution >= 4 is 5.91 Å². The maximum absolute atomic E-state index is 11.0. The molecule has 0 heterocycles. The van der Waals surface area contributed by atoms with E-state index in [1.807, 2.05) is 0 Å². The molecule has 0 fully saturated rings. The van der Waals surface area contributed by atoms with Gasteiger partial charge in [0.15, 0.2) is 0 Å². The number of carbonyl (C=O) groups excluding carboxylic acids is 1. The van der Waals surface area contributed by atoms with Crippen LogP contribution in [0.5, 0.6) is 0 Å². The maximum Gasteiger partial charge on any atom is 0.248 e. The molecule has 0 rings (SSSR count). The summed E-state index contributed by atoms with van der Waals surface area (Å²) in [7, 11) is 3.41. The van der Waals surface area contributed by atoms with Crippen LogP contribution in [0.15, 0.2) is 24.8 Å². The Kier molecular flexibility index (Phi) is 3.47. The molecule has 10 heavy (non-hydrogen) atoms. The second kappa shape index (κ2) is 3.88. The molecule has 1 amide bonds. The van der Waals surface area contributed by atoms with Crippen molar-refractivity contribution in [2.24, 2.45) is 0 Å². The summed E-state index contributed by atoms with van der Waals surface area (Å²) in [6.07, 6.45) is 2.24. The van der Waals surface area contributed by atoms with Crippen LogP contribution in [0.2, 0.25) is 0 Å². The van der Waals surface area contributed by atoms with Crippen molar-refractivity contribution in [3.63, 3.8) is 0 Å². The number of nitrogens with zero attached hydrogens (tertiary/aromatic N) is 1. The number of carbonyl (C=O) groups is 1. The summed E-state index contributed by atoms with van der Waals surface area (Å²) >= 11 is 0. The summed E-state index contributed by atoms with van der Waals surface area (Å²) in [5.74, 6) is -0.0279. The number of rotatable bonds is 3. The fourth-order valence-electron chi connectivity index (χ4n) is 0.578. The lowest BCUT2D eigenvalue weighted by molar-refractivity contribution is -0.124. The maximum atomic E-state index is 11.0. The Labute approximate surface area is 61.8 Å². The van der Waals surface area contributed by atoms with Gasteiger partial charge in [0.25, 0.3) is 0 Å². The quantitative estimate of drug-likeness (QED) is 0.425. The second-order valence-electron chi connectivity index (χ2n) is 2.30. The molecular weight excluding hydrogens is 126 g/mol. The Balaban J connectivity index is 3.95. The summed E-state index contributed by atoms with van der Waals surface area (Å²) in [4.78, 5) is 12.5. The highest BCUT2D eigenvalue weighted by molar-refractivity contribution is 5.92. The molecule has 2 heteroatoms. The molecule has 0 unspecified atom stereocenters. The molecule has 2 nitrogen and oxygen atoms in total. The number of amides is 1. The van der Waals surface area contributed by atoms with Gasteiger partial charge < -0.3 is 4.90 Å². The van der Waals surface area contributed by atoms with Crippen molar-refractivity contribution in [2.75, 3.05) is 14.1 Å². The summed E-state index contributed by atoms with van der Waals surface area (Å²) < 4.78 is 0. The number of allylic oxidation sites excluding steroid dienone is 1. The van der Waals surface area contributed by atoms with Crippen LogP contribution in [0, 0.1) is 0 Å². The van der Waals surface area contributed by atoms with E-state index in [0.29, 0.717) is 12.0 Å². The normalized spacial score (nSPS) is 8.60. The van der Waals surface area contributed by atoms with Crippen molar-refractivity contribution < 1.29 is 4.79 Å². The van der Waals surface area contributed by atoms with Crippen molar-refractivity contribution in [3.05, 3.63) is 24.8 Å². The molecule has 0 aromatic heterocycles. The third-order valence-electron chi connectivity index (χ3n) is 1.10. The van der Waals surface area contributed by atoms with Crippen LogP contribution in [-0.4, -0.2) is 24.9 Å². The molecule has 0 N–H and O–H groups in total. The Bertz CT molecular complexity index is 159. The topological polar surface area (TPSA) is 20.3 Å². The molecule has 0 spiro atoms. The number of hydrogen-bond donors (Lipinski definition) is 0. The van der Waals surface area contributed by atoms with Crippen LogP contribution < -0.4 is 0 Å². The van der Waals surface area contributed by atoms with Crippen molar-refractivity contribution in [3.8, 4) is 0 Å². The SMILES string of the molecule is C=CCC(=C)C(=O)N(C)C. The monoisotopic (exact) mass is 139 g/mol. The van der Waals surface area contributed by atoms with E-state index in [-0.39, 0.29) is 5.91 Å². The standard InChI is InChI=1S/C8H13NO/c1-5-6-7(2)8(10)9(3)4/h5H,1-2,6H2,3-4H3. The third-order valence-corrected chi connectivity index (χ3v) is 1.10. The Hall–Kier alpha value is -1.05. The van der Waals surface area contributed by atoms with E-state index >= 15 is 0 Å². The first kappa shape index (κ1) is 8.95. The lowest BCUT2D eigenvalue weighted by Gasteiger charge is -2.10. The molecule has 0 aromatic rings. The first-order valence-corrected chi connectivity index (χ1v) is 3.10. The van der Waals surface area contributed by atoms with Gasteiger partial charge in [0, 0.05) is 19.7 Å². The van der Waals surface area contributed by atoms with Gasteiger partial charge in [-0.05, 0) is 6.42 Å². The van der Waals surface area contributed by atoms with Gasteiger partial charge in [-0.15, -0.1) is 6.58 Å². The zero-order valence-electron chi connectivity index (χ0n) is 6.55. The molecule has 0 aliphatic heterocycles. The lowest BCUT2D eigenvalue weighted by atomic mass is 10.2. The van der Waals surface area contributed by atoms with Gasteiger partial charge in [0.1, 0.15) is 0 Å². The molecule has 0 saturated heterocycles. The molecule has 56 valence electrons. The second-order valence-corrected chi connectivity index (χ2v) is 2.30. The van der Waals surface area contributed by atoms with E-state index in [0.717, 1.165) is 0 Å². The number of likely N-dealkylation sites (N-methyl/N-ethyl adjacent to an activating group) is 1. The minimum atomic E-state index is -0.0279. The molecule has 0 bridgehead atoms. The van der Waals surface area contributed by atoms with E-state index in [9.17, 15) is 4.79 Å². The first-order chi connectivity index (χ1) is 4.59. The first-order valence-electron chi connectivity index (χ1n) is 3.10. The van der Waals surface area contributed by atoms with Crippen LogP contribution in [0.4, 0.5) is 0 Å². The van der Waals surface area contributed by atoms with Gasteiger partial charge in [0.05, 0.1) is 0 Å². The van der Waals surface area contributed by atoms with Gasteiger partial charge in [-0.25, -0.2) is 0 Å². The highest BCUT2D eigenvalue weighted by atomic mass is 16.2. The molecule has 0 atom stereocenters. The smallest absolute Gasteiger partial charge is 0.248 e. The largest absolute Gasteiger partial charge is 0.345 e. The number of hydrogen-bond acceptors (Lipinski definition) is 1. The van der Waals surface area contributed by atoms with Crippen LogP contribution in [0.1, 0.15) is 6.42 Å². The van der Waals surface area contributed by atoms with Gasteiger partial charge in [0.2, 0.25) is 5.91 Å². The minimum Gasteiger partial charge on any atom is -0.345 e. The molecular formula is C8H13NO. The van der Waals surface area contributed by atoms with Crippen LogP contribution in [0.25, 0.3) is 0 Å². The average Bonchev–Trinajstić information content (AvgIpc) is 1.87. The van der Waals surface area contributed by atoms with Crippen LogP contribution in [0.3, 0.4) is 0 Å². The zero-order valence-corrected chi connectivity index (χ0v) is 6.55. The van der Waals surface area contributed by atoms with Crippen molar-refractivity contribution in [1.82, 2.24) is 4.90 Å². The van der Waals surface area contributed by atoms with Crippen LogP contribution in [-0.2, 0) is 4.79 Å². The average molecular weight is 139 g/mol. The molecule has 0 saturated carbocycles. The Morgan fingerprint density at radius 2 is 2.10 bits per heavy atom. The van der Waals surface area contributed by atoms with Crippen molar-refractivity contribution in [1.29, 1.82) is 0 Å². The van der Waals surface area contributed by atoms with E-state index in [1.165, 1.54) is 4.90 Å². The van der Waals surface area contributed by atoms with Gasteiger partial charge in [-0.3, -0.25) is 4.79 Å². The lowest BCUT2D eigenvalue weighted by Crippen LogP contribution is -2.22. The summed E-state index contributed by atoms with van der Waals surface area (Å²) in [6.45, 7) is 7.11. The highest BCUT2D eigenvalue weighted by Crippen LogP contribution is 2.00. The molecule has 0 aliphatic rings. The predicted octanol–water partition coefficient (Wildman–Crippen LogP) is 1.21. The fraction of sp³-hybridized carbons (Fsp3) is 0.375. The summed E-state index contributed by atoms with van der Waals surface area (Å²) in [5, 5.41) is 0. The van der Waals surface area contributed by atoms with E-state index in [1.54, 1.807) is 20.2 Å². The minimum absolute atomic E-state index is 0.0279. The van der Waals surface area contributed by atoms with E-state index in [4.69, 9.17) is 0 Å². The third kappa shape index (κ3) is 2.49. The van der Waals surface area contributed by atoms with E-state index < -0.39 is 0 Å². The van der Waals surface area contributed by atoms with E-state index in [2.05, 4.69) is 13.2 Å². The summed E-state index contributed by atoms with van der Waals surface area (Å²) in [6, 6.07) is 0.